The maximum Gasteiger partial charge on any atom is 0.124 e. The highest BCUT2D eigenvalue weighted by Gasteiger charge is 2.68. The first-order valence-electron chi connectivity index (χ1n) is 5.91. The molecule has 1 saturated heterocycles. The summed E-state index contributed by atoms with van der Waals surface area (Å²) in [4.78, 5) is 0. The zero-order chi connectivity index (χ0) is 14.4. The van der Waals surface area contributed by atoms with Crippen molar-refractivity contribution in [2.45, 2.75) is 56.2 Å². The van der Waals surface area contributed by atoms with Gasteiger partial charge in [0, 0.05) is 7.11 Å². The average Bonchev–Trinajstić information content (AvgIpc) is 2.26. The molecule has 18 heavy (non-hydrogen) atoms. The van der Waals surface area contributed by atoms with Gasteiger partial charge in [0.25, 0.3) is 0 Å². The maximum atomic E-state index is 10.5. The molecule has 1 heterocycles. The molecule has 0 bridgehead atoms. The van der Waals surface area contributed by atoms with E-state index in [1.54, 1.807) is 6.92 Å². The largest absolute Gasteiger partial charge is 0.393 e. The second-order valence-electron chi connectivity index (χ2n) is 5.86. The normalized spacial score (nSPS) is 53.5. The van der Waals surface area contributed by atoms with Crippen LogP contribution in [0.15, 0.2) is 0 Å². The van der Waals surface area contributed by atoms with E-state index in [-0.39, 0.29) is 6.61 Å². The summed E-state index contributed by atoms with van der Waals surface area (Å²) in [5, 5.41) is 40.6. The first-order chi connectivity index (χ1) is 7.98. The molecule has 0 saturated carbocycles. The molecule has 1 aliphatic heterocycles. The van der Waals surface area contributed by atoms with E-state index < -0.39 is 35.1 Å². The first-order valence-corrected chi connectivity index (χ1v) is 5.91. The lowest BCUT2D eigenvalue weighted by Crippen LogP contribution is -2.80. The van der Waals surface area contributed by atoms with E-state index in [1.165, 1.54) is 27.9 Å². The summed E-state index contributed by atoms with van der Waals surface area (Å²) in [6.07, 6.45) is -1.36. The Bertz CT molecular complexity index is 309. The Morgan fingerprint density at radius 3 is 2.06 bits per heavy atom. The molecule has 1 aliphatic rings. The summed E-state index contributed by atoms with van der Waals surface area (Å²) in [5.74, 6) is 0. The second kappa shape index (κ2) is 4.40. The van der Waals surface area contributed by atoms with Crippen molar-refractivity contribution in [3.8, 4) is 0 Å². The van der Waals surface area contributed by atoms with Crippen molar-refractivity contribution in [1.29, 1.82) is 0 Å². The van der Waals surface area contributed by atoms with Gasteiger partial charge in [-0.15, -0.1) is 0 Å². The van der Waals surface area contributed by atoms with Crippen molar-refractivity contribution < 1.29 is 29.9 Å². The summed E-state index contributed by atoms with van der Waals surface area (Å²) >= 11 is 0. The summed E-state index contributed by atoms with van der Waals surface area (Å²) in [6, 6.07) is 0. The van der Waals surface area contributed by atoms with Gasteiger partial charge in [-0.25, -0.2) is 0 Å². The quantitative estimate of drug-likeness (QED) is 0.524. The summed E-state index contributed by atoms with van der Waals surface area (Å²) in [5.41, 5.74) is -6.31. The Hall–Kier alpha value is -0.240. The average molecular weight is 264 g/mol. The van der Waals surface area contributed by atoms with E-state index >= 15 is 0 Å². The molecule has 6 heteroatoms. The summed E-state index contributed by atoms with van der Waals surface area (Å²) in [7, 11) is 1.44. The number of ether oxygens (including phenoxy) is 2. The first kappa shape index (κ1) is 15.8. The highest BCUT2D eigenvalue weighted by Crippen LogP contribution is 2.47. The molecule has 0 amide bonds. The zero-order valence-electron chi connectivity index (χ0n) is 11.6. The van der Waals surface area contributed by atoms with E-state index in [0.717, 1.165) is 0 Å². The minimum Gasteiger partial charge on any atom is -0.393 e. The molecule has 1 fully saturated rings. The van der Waals surface area contributed by atoms with Gasteiger partial charge in [-0.3, -0.25) is 0 Å². The van der Waals surface area contributed by atoms with Crippen molar-refractivity contribution in [3.63, 3.8) is 0 Å². The molecule has 0 spiro atoms. The van der Waals surface area contributed by atoms with Crippen molar-refractivity contribution in [1.82, 2.24) is 0 Å². The van der Waals surface area contributed by atoms with E-state index in [4.69, 9.17) is 9.47 Å². The Morgan fingerprint density at radius 1 is 1.17 bits per heavy atom. The number of aliphatic hydroxyl groups excluding tert-OH is 2. The van der Waals surface area contributed by atoms with Gasteiger partial charge in [-0.1, -0.05) is 0 Å². The molecule has 0 aliphatic carbocycles. The van der Waals surface area contributed by atoms with Gasteiger partial charge in [0.1, 0.15) is 28.5 Å². The predicted molar refractivity (Wildman–Crippen MR) is 64.1 cm³/mol. The van der Waals surface area contributed by atoms with Gasteiger partial charge in [-0.05, 0) is 27.7 Å². The lowest BCUT2D eigenvalue weighted by molar-refractivity contribution is -0.376. The molecule has 5 unspecified atom stereocenters. The van der Waals surface area contributed by atoms with E-state index in [0.29, 0.717) is 0 Å². The molecule has 6 nitrogen and oxygen atoms in total. The minimum atomic E-state index is -1.85. The van der Waals surface area contributed by atoms with Crippen LogP contribution in [-0.2, 0) is 9.47 Å². The van der Waals surface area contributed by atoms with Gasteiger partial charge < -0.3 is 29.9 Å². The number of hydrogen-bond donors (Lipinski definition) is 4. The van der Waals surface area contributed by atoms with Crippen LogP contribution < -0.4 is 0 Å². The van der Waals surface area contributed by atoms with E-state index in [1.807, 2.05) is 0 Å². The van der Waals surface area contributed by atoms with Crippen molar-refractivity contribution in [3.05, 3.63) is 0 Å². The van der Waals surface area contributed by atoms with Crippen molar-refractivity contribution in [2.75, 3.05) is 20.3 Å². The summed E-state index contributed by atoms with van der Waals surface area (Å²) < 4.78 is 10.7. The van der Waals surface area contributed by atoms with Crippen LogP contribution >= 0.6 is 0 Å². The minimum absolute atomic E-state index is 0.0238. The third-order valence-corrected chi connectivity index (χ3v) is 4.32. The molecule has 0 aromatic heterocycles. The van der Waals surface area contributed by atoms with Crippen LogP contribution in [0.2, 0.25) is 0 Å². The Kier molecular flexibility index (Phi) is 3.87. The summed E-state index contributed by atoms with van der Waals surface area (Å²) in [6.45, 7) is 5.24. The lowest BCUT2D eigenvalue weighted by Gasteiger charge is -2.61. The molecule has 0 aromatic rings. The number of rotatable bonds is 3. The van der Waals surface area contributed by atoms with Crippen LogP contribution in [0.5, 0.6) is 0 Å². The fraction of sp³-hybridized carbons (Fsp3) is 1.00. The van der Waals surface area contributed by atoms with Crippen molar-refractivity contribution >= 4 is 0 Å². The van der Waals surface area contributed by atoms with Crippen LogP contribution in [0.1, 0.15) is 27.7 Å². The maximum absolute atomic E-state index is 10.5. The third kappa shape index (κ3) is 1.88. The SMILES string of the molecule is COCC1(C)OC(C)(CO)C(C)(O)C(C)(O)C1O. The highest BCUT2D eigenvalue weighted by molar-refractivity contribution is 5.18. The van der Waals surface area contributed by atoms with Gasteiger partial charge in [-0.2, -0.15) is 0 Å². The van der Waals surface area contributed by atoms with E-state index in [9.17, 15) is 20.4 Å². The van der Waals surface area contributed by atoms with Crippen LogP contribution in [0, 0.1) is 0 Å². The molecule has 4 N–H and O–H groups in total. The van der Waals surface area contributed by atoms with Crippen LogP contribution in [0.4, 0.5) is 0 Å². The number of aliphatic hydroxyl groups is 4. The Balaban J connectivity index is 3.29. The predicted octanol–water partition coefficient (Wildman–Crippen LogP) is -0.964. The van der Waals surface area contributed by atoms with Crippen LogP contribution in [0.3, 0.4) is 0 Å². The molecule has 108 valence electrons. The molecule has 0 aromatic carbocycles. The Morgan fingerprint density at radius 2 is 1.67 bits per heavy atom. The molecule has 5 atom stereocenters. The fourth-order valence-electron chi connectivity index (χ4n) is 2.65. The van der Waals surface area contributed by atoms with Gasteiger partial charge in [0.2, 0.25) is 0 Å². The molecular formula is C12H24O6. The zero-order valence-corrected chi connectivity index (χ0v) is 11.6. The third-order valence-electron chi connectivity index (χ3n) is 4.32. The van der Waals surface area contributed by atoms with Gasteiger partial charge in [0.15, 0.2) is 0 Å². The highest BCUT2D eigenvalue weighted by atomic mass is 16.6. The molecule has 1 rings (SSSR count). The second-order valence-corrected chi connectivity index (χ2v) is 5.86. The monoisotopic (exact) mass is 264 g/mol. The van der Waals surface area contributed by atoms with Crippen LogP contribution in [0.25, 0.3) is 0 Å². The fourth-order valence-corrected chi connectivity index (χ4v) is 2.65. The van der Waals surface area contributed by atoms with E-state index in [2.05, 4.69) is 0 Å². The number of methoxy groups -OCH3 is 1. The lowest BCUT2D eigenvalue weighted by atomic mass is 9.64. The number of hydrogen-bond acceptors (Lipinski definition) is 6. The van der Waals surface area contributed by atoms with Gasteiger partial charge >= 0.3 is 0 Å². The molecule has 0 radical (unpaired) electrons. The molecular weight excluding hydrogens is 240 g/mol. The van der Waals surface area contributed by atoms with Crippen LogP contribution in [-0.4, -0.2) is 69.3 Å². The smallest absolute Gasteiger partial charge is 0.124 e. The van der Waals surface area contributed by atoms with Crippen molar-refractivity contribution in [2.24, 2.45) is 0 Å². The Labute approximate surface area is 107 Å². The topological polar surface area (TPSA) is 99.4 Å². The van der Waals surface area contributed by atoms with Gasteiger partial charge in [0.05, 0.1) is 13.2 Å². The standard InChI is InChI=1S/C12H24O6/c1-9(7-17-5)8(14)11(3,15)12(4,16)10(2,6-13)18-9/h8,13-16H,6-7H2,1-5H3.